The van der Waals surface area contributed by atoms with Crippen molar-refractivity contribution in [3.63, 3.8) is 0 Å². The summed E-state index contributed by atoms with van der Waals surface area (Å²) in [5, 5.41) is 12.4. The molecule has 3 saturated heterocycles. The van der Waals surface area contributed by atoms with Crippen molar-refractivity contribution in [2.45, 2.75) is 36.2 Å². The van der Waals surface area contributed by atoms with E-state index >= 15 is 0 Å². The van der Waals surface area contributed by atoms with E-state index < -0.39 is 5.97 Å². The lowest BCUT2D eigenvalue weighted by atomic mass is 10.1. The average molecular weight is 228 g/mol. The van der Waals surface area contributed by atoms with Gasteiger partial charge in [-0.05, 0) is 25.8 Å². The molecule has 3 rings (SSSR count). The number of nitrogens with zero attached hydrogens (tertiary/aromatic N) is 1. The fourth-order valence-corrected chi connectivity index (χ4v) is 4.79. The number of nitrogens with one attached hydrogen (secondary N) is 1. The Bertz CT molecular complexity index is 299. The Hall–Kier alpha value is -0.260. The summed E-state index contributed by atoms with van der Waals surface area (Å²) in [6, 6.07) is 0.238. The van der Waals surface area contributed by atoms with Crippen LogP contribution in [0.4, 0.5) is 0 Å². The van der Waals surface area contributed by atoms with Crippen molar-refractivity contribution in [2.24, 2.45) is 0 Å². The molecule has 3 heterocycles. The monoisotopic (exact) mass is 228 g/mol. The quantitative estimate of drug-likeness (QED) is 0.678. The van der Waals surface area contributed by atoms with E-state index in [4.69, 9.17) is 5.11 Å². The Balaban J connectivity index is 1.78. The van der Waals surface area contributed by atoms with Gasteiger partial charge in [-0.15, -0.1) is 11.8 Å². The zero-order chi connectivity index (χ0) is 10.5. The van der Waals surface area contributed by atoms with E-state index in [1.54, 1.807) is 0 Å². The number of fused-ring (bicyclic) bond motifs is 2. The molecule has 3 fully saturated rings. The van der Waals surface area contributed by atoms with Gasteiger partial charge in [0.05, 0.1) is 4.87 Å². The molecule has 2 unspecified atom stereocenters. The fourth-order valence-electron chi connectivity index (χ4n) is 3.18. The molecule has 0 aromatic carbocycles. The molecule has 0 radical (unpaired) electrons. The third-order valence-corrected chi connectivity index (χ3v) is 5.51. The van der Waals surface area contributed by atoms with Gasteiger partial charge in [0.1, 0.15) is 6.04 Å². The first-order valence-electron chi connectivity index (χ1n) is 5.60. The fraction of sp³-hybridized carbons (Fsp3) is 0.900. The minimum absolute atomic E-state index is 0.0551. The average Bonchev–Trinajstić information content (AvgIpc) is 2.88. The first-order chi connectivity index (χ1) is 7.21. The molecule has 0 aliphatic carbocycles. The van der Waals surface area contributed by atoms with Gasteiger partial charge in [-0.2, -0.15) is 0 Å². The van der Waals surface area contributed by atoms with Crippen molar-refractivity contribution in [1.82, 2.24) is 10.2 Å². The molecule has 84 valence electrons. The van der Waals surface area contributed by atoms with Crippen LogP contribution in [0, 0.1) is 0 Å². The van der Waals surface area contributed by atoms with Gasteiger partial charge in [-0.3, -0.25) is 15.0 Å². The van der Waals surface area contributed by atoms with E-state index in [9.17, 15) is 4.79 Å². The minimum Gasteiger partial charge on any atom is -0.480 e. The molecule has 5 heteroatoms. The van der Waals surface area contributed by atoms with Crippen LogP contribution in [0.25, 0.3) is 0 Å². The molecule has 0 saturated carbocycles. The normalized spacial score (nSPS) is 45.1. The van der Waals surface area contributed by atoms with Crippen molar-refractivity contribution in [3.05, 3.63) is 0 Å². The lowest BCUT2D eigenvalue weighted by Crippen LogP contribution is -2.51. The Morgan fingerprint density at radius 2 is 2.40 bits per heavy atom. The molecule has 3 aliphatic heterocycles. The number of thioether (sulfide) groups is 1. The summed E-state index contributed by atoms with van der Waals surface area (Å²) in [5.41, 5.74) is 0. The summed E-state index contributed by atoms with van der Waals surface area (Å²) in [6.45, 7) is 2.34. The topological polar surface area (TPSA) is 52.6 Å². The van der Waals surface area contributed by atoms with Gasteiger partial charge in [-0.25, -0.2) is 0 Å². The molecule has 0 amide bonds. The van der Waals surface area contributed by atoms with Crippen LogP contribution in [-0.4, -0.2) is 51.8 Å². The predicted molar refractivity (Wildman–Crippen MR) is 59.0 cm³/mol. The maximum atomic E-state index is 10.9. The lowest BCUT2D eigenvalue weighted by molar-refractivity contribution is -0.138. The van der Waals surface area contributed by atoms with Crippen LogP contribution < -0.4 is 5.32 Å². The SMILES string of the molecule is O=C(O)[C@H]1CSC2(CCN3CCCC32)N1. The van der Waals surface area contributed by atoms with Gasteiger partial charge >= 0.3 is 5.97 Å². The summed E-state index contributed by atoms with van der Waals surface area (Å²) in [4.78, 5) is 13.5. The lowest BCUT2D eigenvalue weighted by Gasteiger charge is -2.30. The number of carboxylic acid groups (broad SMARTS) is 1. The number of carboxylic acids is 1. The van der Waals surface area contributed by atoms with Gasteiger partial charge in [0.2, 0.25) is 0 Å². The highest BCUT2D eigenvalue weighted by atomic mass is 32.2. The van der Waals surface area contributed by atoms with Crippen LogP contribution >= 0.6 is 11.8 Å². The highest BCUT2D eigenvalue weighted by Gasteiger charge is 2.54. The van der Waals surface area contributed by atoms with Crippen LogP contribution in [0.5, 0.6) is 0 Å². The maximum Gasteiger partial charge on any atom is 0.321 e. The summed E-state index contributed by atoms with van der Waals surface area (Å²) in [7, 11) is 0. The molecular formula is C10H16N2O2S. The Morgan fingerprint density at radius 1 is 1.53 bits per heavy atom. The number of carbonyl (C=O) groups is 1. The molecular weight excluding hydrogens is 212 g/mol. The number of hydrogen-bond acceptors (Lipinski definition) is 4. The molecule has 0 bridgehead atoms. The smallest absolute Gasteiger partial charge is 0.321 e. The summed E-state index contributed by atoms with van der Waals surface area (Å²) in [6.07, 6.45) is 3.60. The Kier molecular flexibility index (Phi) is 2.23. The highest BCUT2D eigenvalue weighted by molar-refractivity contribution is 8.01. The van der Waals surface area contributed by atoms with E-state index in [0.717, 1.165) is 18.7 Å². The van der Waals surface area contributed by atoms with Crippen molar-refractivity contribution in [2.75, 3.05) is 18.8 Å². The van der Waals surface area contributed by atoms with Gasteiger partial charge in [0.25, 0.3) is 0 Å². The molecule has 15 heavy (non-hydrogen) atoms. The van der Waals surface area contributed by atoms with E-state index in [2.05, 4.69) is 10.2 Å². The minimum atomic E-state index is -0.698. The zero-order valence-corrected chi connectivity index (χ0v) is 9.42. The molecule has 3 aliphatic rings. The van der Waals surface area contributed by atoms with Crippen LogP contribution in [0.1, 0.15) is 19.3 Å². The van der Waals surface area contributed by atoms with Crippen molar-refractivity contribution in [3.8, 4) is 0 Å². The van der Waals surface area contributed by atoms with Crippen LogP contribution in [-0.2, 0) is 4.79 Å². The van der Waals surface area contributed by atoms with Gasteiger partial charge in [-0.1, -0.05) is 0 Å². The van der Waals surface area contributed by atoms with Crippen molar-refractivity contribution >= 4 is 17.7 Å². The second kappa shape index (κ2) is 3.37. The molecule has 0 aromatic heterocycles. The molecule has 2 N–H and O–H groups in total. The van der Waals surface area contributed by atoms with Gasteiger partial charge in [0, 0.05) is 18.3 Å². The van der Waals surface area contributed by atoms with Crippen LogP contribution in [0.2, 0.25) is 0 Å². The number of rotatable bonds is 1. The summed E-state index contributed by atoms with van der Waals surface area (Å²) < 4.78 is 0. The third kappa shape index (κ3) is 1.40. The summed E-state index contributed by atoms with van der Waals surface area (Å²) >= 11 is 1.83. The standard InChI is InChI=1S/C10H16N2O2S/c13-9(14)7-6-15-10(11-7)3-5-12-4-1-2-8(10)12/h7-8,11H,1-6H2,(H,13,14)/t7-,8?,10?/m1/s1. The van der Waals surface area contributed by atoms with E-state index in [-0.39, 0.29) is 10.9 Å². The zero-order valence-electron chi connectivity index (χ0n) is 8.61. The van der Waals surface area contributed by atoms with Gasteiger partial charge in [0.15, 0.2) is 0 Å². The summed E-state index contributed by atoms with van der Waals surface area (Å²) in [5.74, 6) is 0.0236. The molecule has 3 atom stereocenters. The molecule has 0 aromatic rings. The van der Waals surface area contributed by atoms with E-state index in [1.807, 2.05) is 11.8 Å². The highest BCUT2D eigenvalue weighted by Crippen LogP contribution is 2.46. The molecule has 4 nitrogen and oxygen atoms in total. The maximum absolute atomic E-state index is 10.9. The van der Waals surface area contributed by atoms with Crippen LogP contribution in [0.15, 0.2) is 0 Å². The molecule has 1 spiro atoms. The van der Waals surface area contributed by atoms with Crippen molar-refractivity contribution < 1.29 is 9.90 Å². The predicted octanol–water partition coefficient (Wildman–Crippen LogP) is 0.340. The Morgan fingerprint density at radius 3 is 3.13 bits per heavy atom. The van der Waals surface area contributed by atoms with E-state index in [0.29, 0.717) is 6.04 Å². The third-order valence-electron chi connectivity index (χ3n) is 3.90. The number of aliphatic carboxylic acids is 1. The largest absolute Gasteiger partial charge is 0.480 e. The second-order valence-corrected chi connectivity index (χ2v) is 6.03. The first kappa shape index (κ1) is 9.93. The second-order valence-electron chi connectivity index (χ2n) is 4.68. The first-order valence-corrected chi connectivity index (χ1v) is 6.58. The van der Waals surface area contributed by atoms with Crippen LogP contribution in [0.3, 0.4) is 0 Å². The Labute approximate surface area is 93.4 Å². The van der Waals surface area contributed by atoms with E-state index in [1.165, 1.54) is 19.4 Å². The van der Waals surface area contributed by atoms with Crippen molar-refractivity contribution in [1.29, 1.82) is 0 Å². The van der Waals surface area contributed by atoms with Gasteiger partial charge < -0.3 is 5.11 Å². The number of hydrogen-bond donors (Lipinski definition) is 2.